The van der Waals surface area contributed by atoms with Crippen molar-refractivity contribution >= 4 is 44.2 Å². The molecule has 2 N–H and O–H groups in total. The Morgan fingerprint density at radius 3 is 2.64 bits per heavy atom. The van der Waals surface area contributed by atoms with Gasteiger partial charge >= 0.3 is 0 Å². The predicted octanol–water partition coefficient (Wildman–Crippen LogP) is 2.51. The van der Waals surface area contributed by atoms with Gasteiger partial charge in [-0.1, -0.05) is 0 Å². The first-order chi connectivity index (χ1) is 5.16. The zero-order valence-corrected chi connectivity index (χ0v) is 9.18. The summed E-state index contributed by atoms with van der Waals surface area (Å²) in [6, 6.07) is 5.62. The lowest BCUT2D eigenvalue weighted by Crippen LogP contribution is -1.92. The number of rotatable bonds is 0. The van der Waals surface area contributed by atoms with Gasteiger partial charge in [-0.3, -0.25) is 0 Å². The number of anilines is 1. The SMILES string of the molecule is N#Cc1c(N)ccc(I)c1Br. The van der Waals surface area contributed by atoms with Gasteiger partial charge < -0.3 is 5.73 Å². The van der Waals surface area contributed by atoms with Gasteiger partial charge in [0.25, 0.3) is 0 Å². The van der Waals surface area contributed by atoms with Crippen LogP contribution in [0, 0.1) is 14.9 Å². The highest BCUT2D eigenvalue weighted by atomic mass is 127. The fourth-order valence-corrected chi connectivity index (χ4v) is 1.58. The summed E-state index contributed by atoms with van der Waals surface area (Å²) in [5.74, 6) is 0. The molecular formula is C7H4BrIN2. The molecule has 0 spiro atoms. The molecule has 0 bridgehead atoms. The van der Waals surface area contributed by atoms with Crippen molar-refractivity contribution < 1.29 is 0 Å². The maximum Gasteiger partial charge on any atom is 0.103 e. The number of hydrogen-bond donors (Lipinski definition) is 1. The van der Waals surface area contributed by atoms with E-state index in [0.29, 0.717) is 11.3 Å². The van der Waals surface area contributed by atoms with Gasteiger partial charge in [0.15, 0.2) is 0 Å². The van der Waals surface area contributed by atoms with Gasteiger partial charge in [0, 0.05) is 3.57 Å². The zero-order valence-electron chi connectivity index (χ0n) is 5.44. The summed E-state index contributed by atoms with van der Waals surface area (Å²) in [7, 11) is 0. The molecular weight excluding hydrogens is 319 g/mol. The number of hydrogen-bond acceptors (Lipinski definition) is 2. The molecule has 11 heavy (non-hydrogen) atoms. The third-order valence-corrected chi connectivity index (χ3v) is 3.70. The van der Waals surface area contributed by atoms with Crippen LogP contribution in [0.3, 0.4) is 0 Å². The van der Waals surface area contributed by atoms with Gasteiger partial charge in [0.1, 0.15) is 6.07 Å². The highest BCUT2D eigenvalue weighted by molar-refractivity contribution is 14.1. The molecule has 0 atom stereocenters. The Morgan fingerprint density at radius 2 is 2.18 bits per heavy atom. The van der Waals surface area contributed by atoms with Crippen LogP contribution in [-0.2, 0) is 0 Å². The van der Waals surface area contributed by atoms with Gasteiger partial charge in [0.05, 0.1) is 15.7 Å². The molecule has 0 fully saturated rings. The topological polar surface area (TPSA) is 49.8 Å². The maximum absolute atomic E-state index is 8.66. The summed E-state index contributed by atoms with van der Waals surface area (Å²) in [6.45, 7) is 0. The Morgan fingerprint density at radius 1 is 1.55 bits per heavy atom. The number of halogens is 2. The molecule has 0 unspecified atom stereocenters. The smallest absolute Gasteiger partial charge is 0.103 e. The van der Waals surface area contributed by atoms with Gasteiger partial charge in [-0.25, -0.2) is 0 Å². The minimum absolute atomic E-state index is 0.511. The highest BCUT2D eigenvalue weighted by Crippen LogP contribution is 2.26. The van der Waals surface area contributed by atoms with E-state index in [1.54, 1.807) is 6.07 Å². The molecule has 0 radical (unpaired) electrons. The lowest BCUT2D eigenvalue weighted by atomic mass is 10.2. The lowest BCUT2D eigenvalue weighted by molar-refractivity contribution is 1.45. The number of nitriles is 1. The molecule has 1 rings (SSSR count). The first-order valence-electron chi connectivity index (χ1n) is 2.80. The lowest BCUT2D eigenvalue weighted by Gasteiger charge is -2.00. The Balaban J connectivity index is 3.44. The van der Waals surface area contributed by atoms with Crippen molar-refractivity contribution in [2.45, 2.75) is 0 Å². The second kappa shape index (κ2) is 3.41. The third kappa shape index (κ3) is 1.65. The second-order valence-corrected chi connectivity index (χ2v) is 3.89. The number of nitrogen functional groups attached to an aromatic ring is 1. The van der Waals surface area contributed by atoms with Crippen LogP contribution >= 0.6 is 38.5 Å². The summed E-state index contributed by atoms with van der Waals surface area (Å²) >= 11 is 5.42. The van der Waals surface area contributed by atoms with Gasteiger partial charge in [-0.05, 0) is 50.7 Å². The van der Waals surface area contributed by atoms with Gasteiger partial charge in [-0.15, -0.1) is 0 Å². The van der Waals surface area contributed by atoms with E-state index in [9.17, 15) is 0 Å². The van der Waals surface area contributed by atoms with Crippen molar-refractivity contribution in [2.75, 3.05) is 5.73 Å². The number of nitrogens with zero attached hydrogens (tertiary/aromatic N) is 1. The van der Waals surface area contributed by atoms with Crippen molar-refractivity contribution in [2.24, 2.45) is 0 Å². The van der Waals surface area contributed by atoms with Crippen LogP contribution in [0.15, 0.2) is 16.6 Å². The second-order valence-electron chi connectivity index (χ2n) is 1.94. The van der Waals surface area contributed by atoms with Crippen molar-refractivity contribution in [1.82, 2.24) is 0 Å². The standard InChI is InChI=1S/C7H4BrIN2/c8-7-4(3-10)6(11)2-1-5(7)9/h1-2H,11H2. The van der Waals surface area contributed by atoms with Crippen LogP contribution in [0.5, 0.6) is 0 Å². The quantitative estimate of drug-likeness (QED) is 0.589. The molecule has 0 saturated carbocycles. The van der Waals surface area contributed by atoms with E-state index in [4.69, 9.17) is 11.0 Å². The molecule has 0 amide bonds. The molecule has 1 aromatic rings. The van der Waals surface area contributed by atoms with Crippen molar-refractivity contribution in [3.05, 3.63) is 25.7 Å². The summed E-state index contributed by atoms with van der Waals surface area (Å²) in [5.41, 5.74) is 6.57. The molecule has 1 aromatic carbocycles. The van der Waals surface area contributed by atoms with Crippen molar-refractivity contribution in [1.29, 1.82) is 5.26 Å². The third-order valence-electron chi connectivity index (χ3n) is 1.24. The van der Waals surface area contributed by atoms with E-state index in [-0.39, 0.29) is 0 Å². The fourth-order valence-electron chi connectivity index (χ4n) is 0.679. The molecule has 0 aliphatic carbocycles. The van der Waals surface area contributed by atoms with Crippen LogP contribution < -0.4 is 5.73 Å². The molecule has 0 aliphatic rings. The summed E-state index contributed by atoms with van der Waals surface area (Å²) in [6.07, 6.45) is 0. The molecule has 0 aromatic heterocycles. The van der Waals surface area contributed by atoms with Gasteiger partial charge in [0.2, 0.25) is 0 Å². The van der Waals surface area contributed by atoms with Crippen molar-refractivity contribution in [3.63, 3.8) is 0 Å². The fraction of sp³-hybridized carbons (Fsp3) is 0. The van der Waals surface area contributed by atoms with Crippen LogP contribution in [-0.4, -0.2) is 0 Å². The average molecular weight is 323 g/mol. The monoisotopic (exact) mass is 322 g/mol. The molecule has 0 saturated heterocycles. The largest absolute Gasteiger partial charge is 0.398 e. The van der Waals surface area contributed by atoms with Crippen LogP contribution in [0.4, 0.5) is 5.69 Å². The summed E-state index contributed by atoms with van der Waals surface area (Å²) in [5, 5.41) is 8.66. The number of benzene rings is 1. The minimum Gasteiger partial charge on any atom is -0.398 e. The van der Waals surface area contributed by atoms with E-state index in [1.807, 2.05) is 12.1 Å². The Kier molecular flexibility index (Phi) is 2.73. The van der Waals surface area contributed by atoms with Crippen LogP contribution in [0.2, 0.25) is 0 Å². The van der Waals surface area contributed by atoms with E-state index in [0.717, 1.165) is 8.04 Å². The predicted molar refractivity (Wildman–Crippen MR) is 56.0 cm³/mol. The zero-order chi connectivity index (χ0) is 8.43. The minimum atomic E-state index is 0.511. The van der Waals surface area contributed by atoms with E-state index >= 15 is 0 Å². The molecule has 4 heteroatoms. The highest BCUT2D eigenvalue weighted by Gasteiger charge is 2.05. The first-order valence-corrected chi connectivity index (χ1v) is 4.67. The first kappa shape index (κ1) is 8.81. The Hall–Kier alpha value is -0.280. The van der Waals surface area contributed by atoms with Crippen molar-refractivity contribution in [3.8, 4) is 6.07 Å². The summed E-state index contributed by atoms with van der Waals surface area (Å²) < 4.78 is 1.77. The van der Waals surface area contributed by atoms with E-state index in [2.05, 4.69) is 38.5 Å². The maximum atomic E-state index is 8.66. The van der Waals surface area contributed by atoms with Gasteiger partial charge in [-0.2, -0.15) is 5.26 Å². The normalized spacial score (nSPS) is 9.18. The summed E-state index contributed by atoms with van der Waals surface area (Å²) in [4.78, 5) is 0. The molecule has 2 nitrogen and oxygen atoms in total. The number of nitrogens with two attached hydrogens (primary N) is 1. The molecule has 0 heterocycles. The molecule has 0 aliphatic heterocycles. The molecule has 56 valence electrons. The van der Waals surface area contributed by atoms with E-state index in [1.165, 1.54) is 0 Å². The van der Waals surface area contributed by atoms with Crippen LogP contribution in [0.25, 0.3) is 0 Å². The Bertz CT molecular complexity index is 330. The Labute approximate surface area is 86.7 Å². The van der Waals surface area contributed by atoms with Crippen LogP contribution in [0.1, 0.15) is 5.56 Å². The average Bonchev–Trinajstić information content (AvgIpc) is 1.99. The van der Waals surface area contributed by atoms with E-state index < -0.39 is 0 Å².